The molecule has 1 N–H and O–H groups in total. The maximum Gasteiger partial charge on any atom is 0.0861 e. The first-order valence-electron chi connectivity index (χ1n) is 5.35. The van der Waals surface area contributed by atoms with Crippen LogP contribution in [0.4, 0.5) is 0 Å². The van der Waals surface area contributed by atoms with Crippen LogP contribution in [0.2, 0.25) is 0 Å². The van der Waals surface area contributed by atoms with Crippen molar-refractivity contribution in [2.45, 2.75) is 29.7 Å². The van der Waals surface area contributed by atoms with Gasteiger partial charge in [-0.1, -0.05) is 0 Å². The molecular weight excluding hydrogens is 185 g/mol. The van der Waals surface area contributed by atoms with E-state index in [0.29, 0.717) is 12.6 Å². The van der Waals surface area contributed by atoms with Crippen molar-refractivity contribution in [1.82, 2.24) is 10.2 Å². The van der Waals surface area contributed by atoms with Crippen LogP contribution in [0.3, 0.4) is 0 Å². The SMILES string of the molecule is [B]C([B])([B])OCC12CC[C@H](CN(C)C1)N2. The van der Waals surface area contributed by atoms with E-state index >= 15 is 0 Å². The third-order valence-electron chi connectivity index (χ3n) is 3.18. The second-order valence-electron chi connectivity index (χ2n) is 5.00. The summed E-state index contributed by atoms with van der Waals surface area (Å²) in [7, 11) is 18.3. The number of hydrogen-bond donors (Lipinski definition) is 1. The van der Waals surface area contributed by atoms with Gasteiger partial charge in [0.15, 0.2) is 0 Å². The van der Waals surface area contributed by atoms with Gasteiger partial charge in [-0.25, -0.2) is 0 Å². The van der Waals surface area contributed by atoms with Gasteiger partial charge < -0.3 is 15.0 Å². The minimum atomic E-state index is -1.52. The zero-order valence-corrected chi connectivity index (χ0v) is 9.20. The van der Waals surface area contributed by atoms with Crippen molar-refractivity contribution in [2.75, 3.05) is 26.7 Å². The van der Waals surface area contributed by atoms with Gasteiger partial charge >= 0.3 is 0 Å². The summed E-state index contributed by atoms with van der Waals surface area (Å²) >= 11 is 0. The quantitative estimate of drug-likeness (QED) is 0.564. The smallest absolute Gasteiger partial charge is 0.0861 e. The van der Waals surface area contributed by atoms with E-state index in [1.54, 1.807) is 0 Å². The molecule has 0 saturated carbocycles. The Labute approximate surface area is 95.5 Å². The molecule has 0 aromatic rings. The van der Waals surface area contributed by atoms with Crippen LogP contribution >= 0.6 is 0 Å². The normalized spacial score (nSPS) is 37.0. The summed E-state index contributed by atoms with van der Waals surface area (Å²) in [5.41, 5.74) is -0.0129. The molecule has 15 heavy (non-hydrogen) atoms. The molecule has 1 unspecified atom stereocenters. The third kappa shape index (κ3) is 2.80. The van der Waals surface area contributed by atoms with Crippen molar-refractivity contribution in [3.05, 3.63) is 0 Å². The predicted octanol–water partition coefficient (Wildman–Crippen LogP) is -1.44. The Morgan fingerprint density at radius 3 is 2.93 bits per heavy atom. The maximum absolute atomic E-state index is 5.41. The van der Waals surface area contributed by atoms with Crippen LogP contribution in [-0.4, -0.2) is 72.1 Å². The number of nitrogens with one attached hydrogen (secondary N) is 1. The lowest BCUT2D eigenvalue weighted by atomic mass is 9.52. The molecule has 2 saturated heterocycles. The third-order valence-corrected chi connectivity index (χ3v) is 3.18. The highest BCUT2D eigenvalue weighted by atomic mass is 16.5. The van der Waals surface area contributed by atoms with Crippen LogP contribution in [0.25, 0.3) is 0 Å². The minimum absolute atomic E-state index is 0.0129. The summed E-state index contributed by atoms with van der Waals surface area (Å²) in [5.74, 6) is 0. The summed E-state index contributed by atoms with van der Waals surface area (Å²) in [4.78, 5) is 2.31. The zero-order valence-electron chi connectivity index (χ0n) is 9.20. The van der Waals surface area contributed by atoms with Gasteiger partial charge in [0, 0.05) is 19.1 Å². The fourth-order valence-electron chi connectivity index (χ4n) is 2.67. The van der Waals surface area contributed by atoms with Crippen LogP contribution in [-0.2, 0) is 4.74 Å². The Balaban J connectivity index is 1.95. The largest absolute Gasteiger partial charge is 0.401 e. The van der Waals surface area contributed by atoms with Gasteiger partial charge in [-0.2, -0.15) is 0 Å². The fourth-order valence-corrected chi connectivity index (χ4v) is 2.67. The highest BCUT2D eigenvalue weighted by Gasteiger charge is 2.44. The molecule has 2 atom stereocenters. The minimum Gasteiger partial charge on any atom is -0.401 e. The molecule has 2 aliphatic rings. The molecule has 76 valence electrons. The molecule has 2 rings (SSSR count). The number of ether oxygens (including phenoxy) is 1. The molecule has 0 aliphatic carbocycles. The lowest BCUT2D eigenvalue weighted by Gasteiger charge is -2.41. The van der Waals surface area contributed by atoms with Crippen LogP contribution in [0.1, 0.15) is 12.8 Å². The van der Waals surface area contributed by atoms with E-state index in [9.17, 15) is 0 Å². The van der Waals surface area contributed by atoms with E-state index in [4.69, 9.17) is 28.3 Å². The van der Waals surface area contributed by atoms with Crippen LogP contribution in [0, 0.1) is 0 Å². The van der Waals surface area contributed by atoms with E-state index in [1.165, 1.54) is 6.42 Å². The number of likely N-dealkylation sites (tertiary alicyclic amines) is 1. The molecule has 6 radical (unpaired) electrons. The lowest BCUT2D eigenvalue weighted by Crippen LogP contribution is -2.61. The first-order valence-corrected chi connectivity index (χ1v) is 5.35. The van der Waals surface area contributed by atoms with Crippen LogP contribution in [0.5, 0.6) is 0 Å². The number of fused-ring (bicyclic) bond motifs is 2. The van der Waals surface area contributed by atoms with E-state index in [1.807, 2.05) is 0 Å². The zero-order chi connectivity index (χ0) is 11.1. The van der Waals surface area contributed by atoms with Crippen LogP contribution in [0.15, 0.2) is 0 Å². The topological polar surface area (TPSA) is 24.5 Å². The van der Waals surface area contributed by atoms with Gasteiger partial charge in [0.05, 0.1) is 35.7 Å². The summed E-state index contributed by atoms with van der Waals surface area (Å²) in [6, 6.07) is 0.565. The Hall–Kier alpha value is 0.0748. The van der Waals surface area contributed by atoms with Crippen molar-refractivity contribution >= 4 is 23.5 Å². The Kier molecular flexibility index (Phi) is 2.95. The van der Waals surface area contributed by atoms with Crippen molar-refractivity contribution in [1.29, 1.82) is 0 Å². The van der Waals surface area contributed by atoms with Crippen LogP contribution < -0.4 is 5.32 Å². The Morgan fingerprint density at radius 1 is 1.53 bits per heavy atom. The van der Waals surface area contributed by atoms with Gasteiger partial charge in [-0.3, -0.25) is 0 Å². The van der Waals surface area contributed by atoms with Gasteiger partial charge in [-0.05, 0) is 25.2 Å². The van der Waals surface area contributed by atoms with E-state index in [2.05, 4.69) is 17.3 Å². The van der Waals surface area contributed by atoms with Crippen molar-refractivity contribution in [2.24, 2.45) is 0 Å². The van der Waals surface area contributed by atoms with Gasteiger partial charge in [0.2, 0.25) is 0 Å². The number of rotatable bonds is 3. The molecule has 2 bridgehead atoms. The molecule has 0 amide bonds. The number of piperazine rings is 1. The van der Waals surface area contributed by atoms with E-state index < -0.39 is 5.30 Å². The number of nitrogens with zero attached hydrogens (tertiary/aromatic N) is 1. The van der Waals surface area contributed by atoms with Crippen molar-refractivity contribution in [3.8, 4) is 0 Å². The monoisotopic (exact) mass is 200 g/mol. The molecule has 2 aliphatic heterocycles. The average Bonchev–Trinajstić information content (AvgIpc) is 2.39. The molecule has 3 nitrogen and oxygen atoms in total. The summed E-state index contributed by atoms with van der Waals surface area (Å²) in [5, 5.41) is 2.05. The first-order chi connectivity index (χ1) is 6.89. The van der Waals surface area contributed by atoms with Crippen molar-refractivity contribution < 1.29 is 4.74 Å². The van der Waals surface area contributed by atoms with Gasteiger partial charge in [0.25, 0.3) is 0 Å². The molecule has 2 heterocycles. The van der Waals surface area contributed by atoms with E-state index in [-0.39, 0.29) is 5.54 Å². The molecule has 0 spiro atoms. The average molecular weight is 200 g/mol. The summed E-state index contributed by atoms with van der Waals surface area (Å²) in [6.07, 6.45) is 2.28. The molecule has 6 heteroatoms. The Morgan fingerprint density at radius 2 is 2.27 bits per heavy atom. The molecule has 0 aromatic heterocycles. The fraction of sp³-hybridized carbons (Fsp3) is 1.00. The summed E-state index contributed by atoms with van der Waals surface area (Å²) < 4.78 is 5.28. The second kappa shape index (κ2) is 3.83. The summed E-state index contributed by atoms with van der Waals surface area (Å²) in [6.45, 7) is 2.53. The Bertz CT molecular complexity index is 246. The number of hydrogen-bond acceptors (Lipinski definition) is 3. The molecule has 0 aromatic carbocycles. The second-order valence-corrected chi connectivity index (χ2v) is 5.00. The predicted molar refractivity (Wildman–Crippen MR) is 62.3 cm³/mol. The molecular formula is C9H15B3N2O. The highest BCUT2D eigenvalue weighted by Crippen LogP contribution is 2.29. The molecule has 2 fully saturated rings. The number of likely N-dealkylation sites (N-methyl/N-ethyl adjacent to an activating group) is 1. The highest BCUT2D eigenvalue weighted by molar-refractivity contribution is 6.58. The maximum atomic E-state index is 5.41. The van der Waals surface area contributed by atoms with E-state index in [0.717, 1.165) is 19.5 Å². The standard InChI is InChI=1S/C9H15B3N2O/c1-14-4-7-2-3-8(5-14,13-7)6-15-9(10,11)12/h7,13H,2-6H2,1H3/t7-,8?/m1/s1. The van der Waals surface area contributed by atoms with Gasteiger partial charge in [-0.15, -0.1) is 0 Å². The lowest BCUT2D eigenvalue weighted by molar-refractivity contribution is 0.0388. The van der Waals surface area contributed by atoms with Gasteiger partial charge in [0.1, 0.15) is 0 Å². The first kappa shape index (κ1) is 11.6. The van der Waals surface area contributed by atoms with Crippen molar-refractivity contribution in [3.63, 3.8) is 0 Å².